The molecule has 36 heavy (non-hydrogen) atoms. The lowest BCUT2D eigenvalue weighted by Crippen LogP contribution is -2.20. The van der Waals surface area contributed by atoms with Crippen molar-refractivity contribution in [2.45, 2.75) is 26.7 Å². The van der Waals surface area contributed by atoms with Gasteiger partial charge in [0.25, 0.3) is 5.91 Å². The van der Waals surface area contributed by atoms with Crippen molar-refractivity contribution in [1.82, 2.24) is 0 Å². The van der Waals surface area contributed by atoms with Crippen molar-refractivity contribution >= 4 is 22.6 Å². The summed E-state index contributed by atoms with van der Waals surface area (Å²) in [5.74, 6) is 2.05. The van der Waals surface area contributed by atoms with Crippen LogP contribution in [0.5, 0.6) is 17.2 Å². The fraction of sp³-hybridized carbons (Fsp3) is 0.241. The van der Waals surface area contributed by atoms with Gasteiger partial charge in [-0.05, 0) is 48.2 Å². The number of anilines is 1. The Morgan fingerprint density at radius 1 is 0.944 bits per heavy atom. The summed E-state index contributed by atoms with van der Waals surface area (Å²) in [6.07, 6.45) is 0. The maximum atomic E-state index is 13.3. The fourth-order valence-electron chi connectivity index (χ4n) is 3.99. The molecular formula is C29H29NO6. The van der Waals surface area contributed by atoms with Crippen LogP contribution in [0.4, 0.5) is 5.69 Å². The summed E-state index contributed by atoms with van der Waals surface area (Å²) in [6.45, 7) is 5.79. The van der Waals surface area contributed by atoms with E-state index in [-0.39, 0.29) is 17.9 Å². The second-order valence-corrected chi connectivity index (χ2v) is 8.70. The van der Waals surface area contributed by atoms with E-state index in [1.807, 2.05) is 24.3 Å². The van der Waals surface area contributed by atoms with E-state index >= 15 is 0 Å². The van der Waals surface area contributed by atoms with Gasteiger partial charge in [-0.2, -0.15) is 0 Å². The Morgan fingerprint density at radius 2 is 1.67 bits per heavy atom. The second-order valence-electron chi connectivity index (χ2n) is 8.70. The summed E-state index contributed by atoms with van der Waals surface area (Å²) in [6, 6.07) is 18.0. The molecule has 7 heteroatoms. The van der Waals surface area contributed by atoms with Gasteiger partial charge in [0.05, 0.1) is 30.9 Å². The summed E-state index contributed by atoms with van der Waals surface area (Å²) in [5.41, 5.74) is 3.32. The van der Waals surface area contributed by atoms with Crippen LogP contribution in [-0.4, -0.2) is 26.7 Å². The zero-order valence-electron chi connectivity index (χ0n) is 21.0. The molecule has 1 amide bonds. The Hall–Kier alpha value is -4.26. The minimum atomic E-state index is -0.375. The van der Waals surface area contributed by atoms with Gasteiger partial charge >= 0.3 is 0 Å². The number of amides is 1. The molecule has 0 spiro atoms. The molecule has 0 saturated carbocycles. The smallest absolute Gasteiger partial charge is 0.262 e. The quantitative estimate of drug-likeness (QED) is 0.332. The normalized spacial score (nSPS) is 10.9. The van der Waals surface area contributed by atoms with Crippen LogP contribution in [0, 0.1) is 6.92 Å². The Balaban J connectivity index is 1.52. The van der Waals surface area contributed by atoms with Crippen molar-refractivity contribution in [2.24, 2.45) is 0 Å². The Labute approximate surface area is 209 Å². The first kappa shape index (κ1) is 24.9. The van der Waals surface area contributed by atoms with Crippen LogP contribution in [0.3, 0.4) is 0 Å². The first-order chi connectivity index (χ1) is 17.3. The molecule has 0 radical (unpaired) electrons. The maximum Gasteiger partial charge on any atom is 0.262 e. The zero-order valence-corrected chi connectivity index (χ0v) is 21.0. The number of aryl methyl sites for hydroxylation is 1. The number of hydrogen-bond acceptors (Lipinski definition) is 6. The molecule has 0 unspecified atom stereocenters. The van der Waals surface area contributed by atoms with E-state index in [4.69, 9.17) is 18.6 Å². The molecule has 1 N–H and O–H groups in total. The third-order valence-corrected chi connectivity index (χ3v) is 5.96. The number of benzene rings is 3. The van der Waals surface area contributed by atoms with E-state index in [0.717, 1.165) is 5.56 Å². The molecule has 4 aromatic rings. The van der Waals surface area contributed by atoms with Crippen molar-refractivity contribution in [3.8, 4) is 28.4 Å². The molecule has 0 aliphatic carbocycles. The van der Waals surface area contributed by atoms with E-state index < -0.39 is 0 Å². The predicted molar refractivity (Wildman–Crippen MR) is 140 cm³/mol. The molecule has 0 saturated heterocycles. The van der Waals surface area contributed by atoms with Crippen molar-refractivity contribution < 1.29 is 23.4 Å². The summed E-state index contributed by atoms with van der Waals surface area (Å²) >= 11 is 0. The molecule has 3 aromatic carbocycles. The van der Waals surface area contributed by atoms with E-state index in [0.29, 0.717) is 51.1 Å². The lowest BCUT2D eigenvalue weighted by atomic mass is 9.97. The fourth-order valence-corrected chi connectivity index (χ4v) is 3.99. The topological polar surface area (TPSA) is 87.0 Å². The molecule has 1 heterocycles. The lowest BCUT2D eigenvalue weighted by molar-refractivity contribution is -0.118. The number of nitrogens with one attached hydrogen (secondary N) is 1. The van der Waals surface area contributed by atoms with Gasteiger partial charge in [0.2, 0.25) is 5.43 Å². The standard InChI is InChI=1S/C29H29NO6/c1-17(2)19-6-8-20(9-7-19)28-18(3)36-26-15-22(10-12-23(26)29(28)32)35-16-27(31)30-24-14-21(33-4)11-13-25(24)34-5/h6-15,17H,16H2,1-5H3,(H,30,31). The van der Waals surface area contributed by atoms with Gasteiger partial charge in [-0.25, -0.2) is 0 Å². The number of carbonyl (C=O) groups is 1. The van der Waals surface area contributed by atoms with Crippen molar-refractivity contribution in [3.63, 3.8) is 0 Å². The average Bonchev–Trinajstić information content (AvgIpc) is 2.87. The number of ether oxygens (including phenoxy) is 3. The third-order valence-electron chi connectivity index (χ3n) is 5.96. The van der Waals surface area contributed by atoms with E-state index in [1.165, 1.54) is 12.7 Å². The number of carbonyl (C=O) groups excluding carboxylic acids is 1. The zero-order chi connectivity index (χ0) is 25.8. The third kappa shape index (κ3) is 5.20. The molecule has 7 nitrogen and oxygen atoms in total. The second kappa shape index (κ2) is 10.6. The van der Waals surface area contributed by atoms with Crippen LogP contribution >= 0.6 is 0 Å². The Bertz CT molecular complexity index is 1450. The van der Waals surface area contributed by atoms with Crippen LogP contribution in [0.15, 0.2) is 69.9 Å². The van der Waals surface area contributed by atoms with E-state index in [1.54, 1.807) is 50.4 Å². The molecule has 0 aliphatic rings. The summed E-state index contributed by atoms with van der Waals surface area (Å²) in [5, 5.41) is 3.20. The molecular weight excluding hydrogens is 458 g/mol. The van der Waals surface area contributed by atoms with Crippen LogP contribution in [0.25, 0.3) is 22.1 Å². The lowest BCUT2D eigenvalue weighted by Gasteiger charge is -2.13. The minimum Gasteiger partial charge on any atom is -0.497 e. The number of methoxy groups -OCH3 is 2. The van der Waals surface area contributed by atoms with Gasteiger partial charge in [0.15, 0.2) is 6.61 Å². The Kier molecular flexibility index (Phi) is 7.29. The van der Waals surface area contributed by atoms with Crippen LogP contribution < -0.4 is 25.0 Å². The molecule has 0 atom stereocenters. The highest BCUT2D eigenvalue weighted by molar-refractivity contribution is 5.93. The highest BCUT2D eigenvalue weighted by Gasteiger charge is 2.15. The van der Waals surface area contributed by atoms with E-state index in [9.17, 15) is 9.59 Å². The van der Waals surface area contributed by atoms with Crippen LogP contribution in [0.2, 0.25) is 0 Å². The van der Waals surface area contributed by atoms with Gasteiger partial charge in [-0.3, -0.25) is 9.59 Å². The Morgan fingerprint density at radius 3 is 2.33 bits per heavy atom. The summed E-state index contributed by atoms with van der Waals surface area (Å²) < 4.78 is 22.1. The number of hydrogen-bond donors (Lipinski definition) is 1. The molecule has 4 rings (SSSR count). The highest BCUT2D eigenvalue weighted by Crippen LogP contribution is 2.30. The van der Waals surface area contributed by atoms with Gasteiger partial charge < -0.3 is 23.9 Å². The molecule has 0 aliphatic heterocycles. The average molecular weight is 488 g/mol. The first-order valence-corrected chi connectivity index (χ1v) is 11.6. The van der Waals surface area contributed by atoms with E-state index in [2.05, 4.69) is 19.2 Å². The van der Waals surface area contributed by atoms with Crippen LogP contribution in [0.1, 0.15) is 31.1 Å². The van der Waals surface area contributed by atoms with Crippen molar-refractivity contribution in [3.05, 3.63) is 82.2 Å². The number of rotatable bonds is 8. The van der Waals surface area contributed by atoms with Crippen molar-refractivity contribution in [2.75, 3.05) is 26.1 Å². The molecule has 0 fully saturated rings. The SMILES string of the molecule is COc1ccc(OC)c(NC(=O)COc2ccc3c(=O)c(-c4ccc(C(C)C)cc4)c(C)oc3c2)c1. The summed E-state index contributed by atoms with van der Waals surface area (Å²) in [7, 11) is 3.06. The highest BCUT2D eigenvalue weighted by atomic mass is 16.5. The summed E-state index contributed by atoms with van der Waals surface area (Å²) in [4.78, 5) is 25.8. The van der Waals surface area contributed by atoms with Gasteiger partial charge in [-0.15, -0.1) is 0 Å². The molecule has 1 aromatic heterocycles. The van der Waals surface area contributed by atoms with Crippen LogP contribution in [-0.2, 0) is 4.79 Å². The van der Waals surface area contributed by atoms with Gasteiger partial charge in [-0.1, -0.05) is 38.1 Å². The maximum absolute atomic E-state index is 13.3. The first-order valence-electron chi connectivity index (χ1n) is 11.6. The van der Waals surface area contributed by atoms with Gasteiger partial charge in [0.1, 0.15) is 28.6 Å². The monoisotopic (exact) mass is 487 g/mol. The number of fused-ring (bicyclic) bond motifs is 1. The van der Waals surface area contributed by atoms with Crippen molar-refractivity contribution in [1.29, 1.82) is 0 Å². The minimum absolute atomic E-state index is 0.111. The molecule has 0 bridgehead atoms. The van der Waals surface area contributed by atoms with Gasteiger partial charge in [0, 0.05) is 12.1 Å². The largest absolute Gasteiger partial charge is 0.497 e. The predicted octanol–water partition coefficient (Wildman–Crippen LogP) is 5.93. The molecule has 186 valence electrons.